The fourth-order valence-electron chi connectivity index (χ4n) is 8.13. The molecule has 12 rings (SSSR count). The number of thiophene rings is 1. The maximum atomic E-state index is 6.57. The van der Waals surface area contributed by atoms with Crippen LogP contribution in [0.3, 0.4) is 0 Å². The Kier molecular flexibility index (Phi) is 7.03. The predicted molar refractivity (Wildman–Crippen MR) is 234 cm³/mol. The molecule has 0 aliphatic heterocycles. The molecule has 0 saturated heterocycles. The molecule has 4 aromatic heterocycles. The van der Waals surface area contributed by atoms with Crippen molar-refractivity contribution in [1.82, 2.24) is 15.0 Å². The van der Waals surface area contributed by atoms with Gasteiger partial charge in [0, 0.05) is 64.0 Å². The third kappa shape index (κ3) is 5.26. The molecule has 0 bridgehead atoms. The third-order valence-electron chi connectivity index (χ3n) is 11.0. The number of para-hydroxylation sites is 1. The SMILES string of the molecule is c1ccc(-c2nc(-c3ccc4c(c3)oc3ccc(-c5ccc6c(c5)oc5c(-c7ccccc7)cccc56)cc34)nc(-c3ccc4c(c3)sc3ccccc34)n2)cc1. The van der Waals surface area contributed by atoms with Crippen LogP contribution in [0, 0.1) is 0 Å². The van der Waals surface area contributed by atoms with Crippen molar-refractivity contribution >= 4 is 75.4 Å². The lowest BCUT2D eigenvalue weighted by atomic mass is 10.00. The van der Waals surface area contributed by atoms with E-state index < -0.39 is 0 Å². The summed E-state index contributed by atoms with van der Waals surface area (Å²) < 4.78 is 15.5. The van der Waals surface area contributed by atoms with E-state index >= 15 is 0 Å². The molecule has 0 atom stereocenters. The minimum Gasteiger partial charge on any atom is -0.456 e. The maximum absolute atomic E-state index is 6.57. The van der Waals surface area contributed by atoms with Crippen molar-refractivity contribution < 1.29 is 8.83 Å². The van der Waals surface area contributed by atoms with Crippen LogP contribution in [-0.4, -0.2) is 15.0 Å². The van der Waals surface area contributed by atoms with Gasteiger partial charge in [-0.05, 0) is 65.2 Å². The number of benzene rings is 8. The van der Waals surface area contributed by atoms with Crippen LogP contribution in [0.25, 0.3) is 120 Å². The van der Waals surface area contributed by atoms with E-state index in [-0.39, 0.29) is 0 Å². The van der Waals surface area contributed by atoms with Gasteiger partial charge >= 0.3 is 0 Å². The molecular weight excluding hydrogens is 719 g/mol. The number of rotatable bonds is 5. The highest BCUT2D eigenvalue weighted by Crippen LogP contribution is 2.40. The minimum absolute atomic E-state index is 0.591. The third-order valence-corrected chi connectivity index (χ3v) is 12.1. The first kappa shape index (κ1) is 31.9. The fraction of sp³-hybridized carbons (Fsp3) is 0. The molecule has 57 heavy (non-hydrogen) atoms. The van der Waals surface area contributed by atoms with Crippen molar-refractivity contribution in [3.05, 3.63) is 176 Å². The van der Waals surface area contributed by atoms with Crippen molar-refractivity contribution in [2.24, 2.45) is 0 Å². The first-order valence-electron chi connectivity index (χ1n) is 18.9. The van der Waals surface area contributed by atoms with E-state index in [2.05, 4.69) is 133 Å². The van der Waals surface area contributed by atoms with Gasteiger partial charge in [-0.1, -0.05) is 127 Å². The summed E-state index contributed by atoms with van der Waals surface area (Å²) in [6.45, 7) is 0. The number of nitrogens with zero attached hydrogens (tertiary/aromatic N) is 3. The number of fused-ring (bicyclic) bond motifs is 9. The number of aromatic nitrogens is 3. The Balaban J connectivity index is 0.941. The molecule has 6 heteroatoms. The summed E-state index contributed by atoms with van der Waals surface area (Å²) in [5.74, 6) is 1.84. The standard InChI is InChI=1S/C51H29N3O2S/c1-3-10-30(11-4-1)36-15-9-16-41-37-22-18-33(27-45(37)56-48(36)41)32-21-25-43-42(26-32)38-23-19-34(28-44(38)55-43)50-52-49(31-12-5-2-6-13-31)53-51(54-50)35-20-24-40-39-14-7-8-17-46(39)57-47(40)29-35/h1-29H. The topological polar surface area (TPSA) is 65.0 Å². The summed E-state index contributed by atoms with van der Waals surface area (Å²) in [6.07, 6.45) is 0. The van der Waals surface area contributed by atoms with Crippen LogP contribution in [0.2, 0.25) is 0 Å². The molecule has 0 saturated carbocycles. The molecule has 0 fully saturated rings. The molecule has 12 aromatic rings. The first-order chi connectivity index (χ1) is 28.2. The fourth-order valence-corrected chi connectivity index (χ4v) is 9.28. The molecule has 0 amide bonds. The highest BCUT2D eigenvalue weighted by Gasteiger charge is 2.17. The summed E-state index contributed by atoms with van der Waals surface area (Å²) in [7, 11) is 0. The molecule has 4 heterocycles. The second kappa shape index (κ2) is 12.6. The van der Waals surface area contributed by atoms with E-state index in [0.29, 0.717) is 17.5 Å². The summed E-state index contributed by atoms with van der Waals surface area (Å²) in [5, 5.41) is 6.79. The lowest BCUT2D eigenvalue weighted by Crippen LogP contribution is -2.00. The van der Waals surface area contributed by atoms with Crippen LogP contribution in [0.4, 0.5) is 0 Å². The van der Waals surface area contributed by atoms with Crippen LogP contribution >= 0.6 is 11.3 Å². The van der Waals surface area contributed by atoms with Crippen LogP contribution in [0.1, 0.15) is 0 Å². The van der Waals surface area contributed by atoms with Crippen molar-refractivity contribution in [3.63, 3.8) is 0 Å². The van der Waals surface area contributed by atoms with Gasteiger partial charge in [0.15, 0.2) is 17.5 Å². The zero-order valence-electron chi connectivity index (χ0n) is 30.3. The van der Waals surface area contributed by atoms with Gasteiger partial charge in [-0.15, -0.1) is 11.3 Å². The zero-order valence-corrected chi connectivity index (χ0v) is 31.1. The van der Waals surface area contributed by atoms with Crippen molar-refractivity contribution in [2.75, 3.05) is 0 Å². The maximum Gasteiger partial charge on any atom is 0.164 e. The summed E-state index contributed by atoms with van der Waals surface area (Å²) in [4.78, 5) is 15.1. The largest absolute Gasteiger partial charge is 0.456 e. The molecule has 0 radical (unpaired) electrons. The van der Waals surface area contributed by atoms with E-state index in [0.717, 1.165) is 82.8 Å². The smallest absolute Gasteiger partial charge is 0.164 e. The van der Waals surface area contributed by atoms with Crippen LogP contribution in [-0.2, 0) is 0 Å². The molecule has 0 unspecified atom stereocenters. The van der Waals surface area contributed by atoms with Crippen LogP contribution in [0.5, 0.6) is 0 Å². The molecular formula is C51H29N3O2S. The molecule has 0 N–H and O–H groups in total. The lowest BCUT2D eigenvalue weighted by Gasteiger charge is -2.08. The Labute approximate surface area is 330 Å². The Morgan fingerprint density at radius 2 is 0.877 bits per heavy atom. The molecule has 0 spiro atoms. The Morgan fingerprint density at radius 3 is 1.68 bits per heavy atom. The molecule has 8 aromatic carbocycles. The van der Waals surface area contributed by atoms with Crippen molar-refractivity contribution in [2.45, 2.75) is 0 Å². The summed E-state index contributed by atoms with van der Waals surface area (Å²) in [5.41, 5.74) is 10.5. The highest BCUT2D eigenvalue weighted by atomic mass is 32.1. The zero-order chi connectivity index (χ0) is 37.5. The van der Waals surface area contributed by atoms with E-state index in [4.69, 9.17) is 23.8 Å². The molecule has 0 aliphatic rings. The van der Waals surface area contributed by atoms with E-state index in [1.54, 1.807) is 11.3 Å². The Hall–Kier alpha value is -7.41. The number of furan rings is 2. The van der Waals surface area contributed by atoms with Crippen molar-refractivity contribution in [1.29, 1.82) is 0 Å². The normalized spacial score (nSPS) is 11.9. The Morgan fingerprint density at radius 1 is 0.316 bits per heavy atom. The van der Waals surface area contributed by atoms with Crippen LogP contribution < -0.4 is 0 Å². The van der Waals surface area contributed by atoms with Gasteiger partial charge in [0.25, 0.3) is 0 Å². The van der Waals surface area contributed by atoms with Gasteiger partial charge in [-0.3, -0.25) is 0 Å². The van der Waals surface area contributed by atoms with E-state index in [1.807, 2.05) is 42.5 Å². The van der Waals surface area contributed by atoms with Gasteiger partial charge in [0.05, 0.1) is 0 Å². The second-order valence-corrected chi connectivity index (χ2v) is 15.5. The number of hydrogen-bond donors (Lipinski definition) is 0. The molecule has 5 nitrogen and oxygen atoms in total. The molecule has 266 valence electrons. The van der Waals surface area contributed by atoms with Crippen LogP contribution in [0.15, 0.2) is 185 Å². The minimum atomic E-state index is 0.591. The van der Waals surface area contributed by atoms with Gasteiger partial charge in [0.2, 0.25) is 0 Å². The van der Waals surface area contributed by atoms with E-state index in [1.165, 1.54) is 20.2 Å². The second-order valence-electron chi connectivity index (χ2n) is 14.4. The summed E-state index contributed by atoms with van der Waals surface area (Å²) >= 11 is 1.79. The van der Waals surface area contributed by atoms with Crippen molar-refractivity contribution in [3.8, 4) is 56.4 Å². The average Bonchev–Trinajstić information content (AvgIpc) is 3.97. The first-order valence-corrected chi connectivity index (χ1v) is 19.7. The number of hydrogen-bond acceptors (Lipinski definition) is 6. The Bertz CT molecular complexity index is 3530. The predicted octanol–water partition coefficient (Wildman–Crippen LogP) is 14.4. The molecule has 0 aliphatic carbocycles. The summed E-state index contributed by atoms with van der Waals surface area (Å²) in [6, 6.07) is 61.0. The van der Waals surface area contributed by atoms with Gasteiger partial charge in [0.1, 0.15) is 22.3 Å². The van der Waals surface area contributed by atoms with Gasteiger partial charge in [-0.2, -0.15) is 0 Å². The monoisotopic (exact) mass is 747 g/mol. The quantitative estimate of drug-likeness (QED) is 0.175. The van der Waals surface area contributed by atoms with Gasteiger partial charge in [-0.25, -0.2) is 15.0 Å². The van der Waals surface area contributed by atoms with Gasteiger partial charge < -0.3 is 8.83 Å². The van der Waals surface area contributed by atoms with E-state index in [9.17, 15) is 0 Å². The average molecular weight is 748 g/mol. The lowest BCUT2D eigenvalue weighted by molar-refractivity contribution is 0.669. The highest BCUT2D eigenvalue weighted by molar-refractivity contribution is 7.25.